The van der Waals surface area contributed by atoms with Crippen LogP contribution in [0.2, 0.25) is 0 Å². The van der Waals surface area contributed by atoms with Gasteiger partial charge in [0.2, 0.25) is 5.90 Å². The molecule has 92 valence electrons. The van der Waals surface area contributed by atoms with E-state index in [0.717, 1.165) is 19.3 Å². The van der Waals surface area contributed by atoms with Crippen LogP contribution in [0.4, 0.5) is 4.39 Å². The predicted octanol–water partition coefficient (Wildman–Crippen LogP) is 2.92. The summed E-state index contributed by atoms with van der Waals surface area (Å²) >= 11 is 0. The molecule has 18 heavy (non-hydrogen) atoms. The fourth-order valence-electron chi connectivity index (χ4n) is 1.99. The number of halogens is 1. The van der Waals surface area contributed by atoms with Crippen LogP contribution in [0.5, 0.6) is 0 Å². The molecule has 0 aromatic heterocycles. The van der Waals surface area contributed by atoms with Crippen molar-refractivity contribution in [2.24, 2.45) is 10.9 Å². The van der Waals surface area contributed by atoms with Gasteiger partial charge < -0.3 is 4.74 Å². The molecule has 0 radical (unpaired) electrons. The highest BCUT2D eigenvalue weighted by atomic mass is 19.1. The third-order valence-electron chi connectivity index (χ3n) is 3.29. The van der Waals surface area contributed by atoms with Gasteiger partial charge in [0.25, 0.3) is 0 Å². The van der Waals surface area contributed by atoms with Gasteiger partial charge in [-0.3, -0.25) is 0 Å². The van der Waals surface area contributed by atoms with E-state index in [-0.39, 0.29) is 17.4 Å². The van der Waals surface area contributed by atoms with Crippen LogP contribution in [0.3, 0.4) is 0 Å². The molecule has 2 aliphatic rings. The van der Waals surface area contributed by atoms with Crippen LogP contribution in [0, 0.1) is 11.7 Å². The van der Waals surface area contributed by atoms with Crippen LogP contribution in [0.1, 0.15) is 24.8 Å². The fraction of sp³-hybridized carbons (Fsp3) is 0.286. The zero-order valence-corrected chi connectivity index (χ0v) is 9.73. The minimum Gasteiger partial charge on any atom is -0.406 e. The second-order valence-electron chi connectivity index (χ2n) is 4.52. The Morgan fingerprint density at radius 1 is 1.33 bits per heavy atom. The molecule has 3 rings (SSSR count). The highest BCUT2D eigenvalue weighted by Crippen LogP contribution is 2.31. The van der Waals surface area contributed by atoms with Crippen LogP contribution in [0.25, 0.3) is 6.08 Å². The normalized spacial score (nSPS) is 21.7. The van der Waals surface area contributed by atoms with Crippen molar-refractivity contribution in [3.05, 3.63) is 41.3 Å². The largest absolute Gasteiger partial charge is 0.406 e. The summed E-state index contributed by atoms with van der Waals surface area (Å²) in [6.45, 7) is 0. The molecule has 1 saturated carbocycles. The molecule has 1 aromatic carbocycles. The Balaban J connectivity index is 1.89. The van der Waals surface area contributed by atoms with E-state index in [1.165, 1.54) is 12.1 Å². The maximum absolute atomic E-state index is 13.5. The molecule has 0 spiro atoms. The molecule has 0 atom stereocenters. The zero-order valence-electron chi connectivity index (χ0n) is 9.73. The molecule has 0 saturated heterocycles. The van der Waals surface area contributed by atoms with Gasteiger partial charge in [-0.15, -0.1) is 0 Å². The van der Waals surface area contributed by atoms with Gasteiger partial charge in [0.15, 0.2) is 5.70 Å². The van der Waals surface area contributed by atoms with E-state index in [0.29, 0.717) is 11.5 Å². The number of carbonyl (C=O) groups is 1. The van der Waals surface area contributed by atoms with Gasteiger partial charge in [0, 0.05) is 11.5 Å². The number of aliphatic imine (C=N–C) groups is 1. The van der Waals surface area contributed by atoms with Crippen LogP contribution < -0.4 is 0 Å². The lowest BCUT2D eigenvalue weighted by Gasteiger charge is -2.23. The van der Waals surface area contributed by atoms with Gasteiger partial charge in [-0.25, -0.2) is 14.2 Å². The third kappa shape index (κ3) is 1.94. The van der Waals surface area contributed by atoms with Crippen molar-refractivity contribution in [2.75, 3.05) is 0 Å². The predicted molar refractivity (Wildman–Crippen MR) is 65.2 cm³/mol. The highest BCUT2D eigenvalue weighted by Gasteiger charge is 2.32. The summed E-state index contributed by atoms with van der Waals surface area (Å²) < 4.78 is 18.6. The van der Waals surface area contributed by atoms with Crippen LogP contribution >= 0.6 is 0 Å². The number of nitrogens with zero attached hydrogens (tertiary/aromatic N) is 1. The molecule has 3 nitrogen and oxygen atoms in total. The van der Waals surface area contributed by atoms with Crippen molar-refractivity contribution in [3.63, 3.8) is 0 Å². The van der Waals surface area contributed by atoms with Crippen LogP contribution in [-0.2, 0) is 9.53 Å². The number of hydrogen-bond donors (Lipinski definition) is 0. The molecule has 0 amide bonds. The maximum atomic E-state index is 13.5. The van der Waals surface area contributed by atoms with Crippen molar-refractivity contribution in [3.8, 4) is 0 Å². The van der Waals surface area contributed by atoms with E-state index in [4.69, 9.17) is 4.74 Å². The summed E-state index contributed by atoms with van der Waals surface area (Å²) in [6, 6.07) is 6.27. The maximum Gasteiger partial charge on any atom is 0.363 e. The number of hydrogen-bond acceptors (Lipinski definition) is 3. The van der Waals surface area contributed by atoms with Crippen molar-refractivity contribution >= 4 is 17.9 Å². The summed E-state index contributed by atoms with van der Waals surface area (Å²) in [4.78, 5) is 15.8. The molecule has 1 aliphatic heterocycles. The molecule has 1 fully saturated rings. The Kier molecular flexibility index (Phi) is 2.70. The standard InChI is InChI=1S/C14H12FNO2/c15-11-7-2-1-4-10(11)8-12-14(17)18-13(16-12)9-5-3-6-9/h1-2,4,7-9H,3,5-6H2/b12-8-. The van der Waals surface area contributed by atoms with Gasteiger partial charge >= 0.3 is 5.97 Å². The summed E-state index contributed by atoms with van der Waals surface area (Å²) in [5, 5.41) is 0. The lowest BCUT2D eigenvalue weighted by atomic mass is 9.85. The van der Waals surface area contributed by atoms with Gasteiger partial charge in [-0.2, -0.15) is 0 Å². The Labute approximate surface area is 104 Å². The number of benzene rings is 1. The van der Waals surface area contributed by atoms with Crippen LogP contribution in [0.15, 0.2) is 35.0 Å². The second kappa shape index (κ2) is 4.37. The number of carbonyl (C=O) groups excluding carboxylic acids is 1. The average molecular weight is 245 g/mol. The van der Waals surface area contributed by atoms with E-state index in [2.05, 4.69) is 4.99 Å². The van der Waals surface area contributed by atoms with Crippen LogP contribution in [-0.4, -0.2) is 11.9 Å². The average Bonchev–Trinajstić information content (AvgIpc) is 2.61. The topological polar surface area (TPSA) is 38.7 Å². The summed E-state index contributed by atoms with van der Waals surface area (Å²) in [5.41, 5.74) is 0.532. The number of rotatable bonds is 2. The summed E-state index contributed by atoms with van der Waals surface area (Å²) in [7, 11) is 0. The quantitative estimate of drug-likeness (QED) is 0.593. The van der Waals surface area contributed by atoms with Crippen molar-refractivity contribution in [1.29, 1.82) is 0 Å². The van der Waals surface area contributed by atoms with Gasteiger partial charge in [0.05, 0.1) is 0 Å². The highest BCUT2D eigenvalue weighted by molar-refractivity contribution is 6.07. The number of esters is 1. The van der Waals surface area contributed by atoms with Crippen molar-refractivity contribution < 1.29 is 13.9 Å². The van der Waals surface area contributed by atoms with E-state index in [1.54, 1.807) is 18.2 Å². The van der Waals surface area contributed by atoms with E-state index in [1.807, 2.05) is 0 Å². The van der Waals surface area contributed by atoms with Gasteiger partial charge in [0.1, 0.15) is 5.82 Å². The SMILES string of the molecule is O=C1OC(C2CCC2)=N/C1=C\c1ccccc1F. The fourth-order valence-corrected chi connectivity index (χ4v) is 1.99. The molecule has 1 aliphatic carbocycles. The Morgan fingerprint density at radius 2 is 2.11 bits per heavy atom. The van der Waals surface area contributed by atoms with Crippen molar-refractivity contribution in [2.45, 2.75) is 19.3 Å². The monoisotopic (exact) mass is 245 g/mol. The molecule has 1 aromatic rings. The summed E-state index contributed by atoms with van der Waals surface area (Å²) in [6.07, 6.45) is 4.61. The van der Waals surface area contributed by atoms with Gasteiger partial charge in [-0.05, 0) is 25.0 Å². The smallest absolute Gasteiger partial charge is 0.363 e. The molecule has 0 N–H and O–H groups in total. The Bertz CT molecular complexity index is 559. The van der Waals surface area contributed by atoms with Crippen molar-refractivity contribution in [1.82, 2.24) is 0 Å². The first-order valence-corrected chi connectivity index (χ1v) is 6.01. The van der Waals surface area contributed by atoms with E-state index >= 15 is 0 Å². The summed E-state index contributed by atoms with van der Waals surface area (Å²) in [5.74, 6) is -0.0976. The third-order valence-corrected chi connectivity index (χ3v) is 3.29. The lowest BCUT2D eigenvalue weighted by molar-refractivity contribution is -0.130. The first-order valence-electron chi connectivity index (χ1n) is 6.01. The molecular weight excluding hydrogens is 233 g/mol. The zero-order chi connectivity index (χ0) is 12.5. The van der Waals surface area contributed by atoms with Gasteiger partial charge in [-0.1, -0.05) is 24.6 Å². The first-order chi connectivity index (χ1) is 8.74. The number of cyclic esters (lactones) is 1. The Hall–Kier alpha value is -1.97. The molecule has 0 unspecified atom stereocenters. The van der Waals surface area contributed by atoms with E-state index < -0.39 is 5.97 Å². The molecular formula is C14H12FNO2. The van der Waals surface area contributed by atoms with E-state index in [9.17, 15) is 9.18 Å². The Morgan fingerprint density at radius 3 is 2.78 bits per heavy atom. The lowest BCUT2D eigenvalue weighted by Crippen LogP contribution is -2.22. The second-order valence-corrected chi connectivity index (χ2v) is 4.52. The first kappa shape index (κ1) is 11.1. The molecule has 4 heteroatoms. The molecule has 0 bridgehead atoms. The molecule has 1 heterocycles. The number of ether oxygens (including phenoxy) is 1. The minimum absolute atomic E-state index is 0.182. The minimum atomic E-state index is -0.486.